The van der Waals surface area contributed by atoms with Gasteiger partial charge in [-0.3, -0.25) is 4.79 Å². The number of thioether (sulfide) groups is 1. The maximum Gasteiger partial charge on any atom is 0.334 e. The van der Waals surface area contributed by atoms with E-state index in [1.807, 2.05) is 20.8 Å². The Balaban J connectivity index is 1.98. The lowest BCUT2D eigenvalue weighted by Crippen LogP contribution is -2.41. The lowest BCUT2D eigenvalue weighted by Gasteiger charge is -2.34. The number of carboxylic acids is 1. The first kappa shape index (κ1) is 21.2. The molecular formula is C21H26FNO3S. The molecule has 0 aliphatic carbocycles. The molecule has 1 aromatic rings. The van der Waals surface area contributed by atoms with Gasteiger partial charge in [0.25, 0.3) is 0 Å². The van der Waals surface area contributed by atoms with Crippen LogP contribution in [0.5, 0.6) is 0 Å². The Kier molecular flexibility index (Phi) is 7.25. The van der Waals surface area contributed by atoms with E-state index < -0.39 is 16.8 Å². The van der Waals surface area contributed by atoms with Crippen molar-refractivity contribution in [1.82, 2.24) is 4.90 Å². The van der Waals surface area contributed by atoms with Crippen LogP contribution in [0.1, 0.15) is 32.8 Å². The normalized spacial score (nSPS) is 17.0. The third-order valence-electron chi connectivity index (χ3n) is 4.33. The van der Waals surface area contributed by atoms with Crippen molar-refractivity contribution in [3.8, 4) is 0 Å². The minimum atomic E-state index is -0.969. The molecule has 1 N–H and O–H groups in total. The topological polar surface area (TPSA) is 57.6 Å². The Labute approximate surface area is 164 Å². The van der Waals surface area contributed by atoms with E-state index in [4.69, 9.17) is 0 Å². The number of ketones is 1. The fourth-order valence-electron chi connectivity index (χ4n) is 2.62. The largest absolute Gasteiger partial charge is 0.478 e. The van der Waals surface area contributed by atoms with Crippen LogP contribution in [0.4, 0.5) is 4.39 Å². The van der Waals surface area contributed by atoms with Crippen molar-refractivity contribution in [1.29, 1.82) is 0 Å². The van der Waals surface area contributed by atoms with Gasteiger partial charge >= 0.3 is 5.97 Å². The highest BCUT2D eigenvalue weighted by Crippen LogP contribution is 2.29. The Morgan fingerprint density at radius 3 is 2.48 bits per heavy atom. The monoisotopic (exact) mass is 391 g/mol. The highest BCUT2D eigenvalue weighted by atomic mass is 32.2. The quantitative estimate of drug-likeness (QED) is 0.671. The molecule has 0 amide bonds. The second-order valence-corrected chi connectivity index (χ2v) is 8.76. The number of hydrogen-bond acceptors (Lipinski definition) is 4. The molecule has 0 radical (unpaired) electrons. The van der Waals surface area contributed by atoms with Crippen molar-refractivity contribution in [2.24, 2.45) is 5.41 Å². The first-order chi connectivity index (χ1) is 12.7. The van der Waals surface area contributed by atoms with Gasteiger partial charge < -0.3 is 10.0 Å². The molecule has 0 aromatic heterocycles. The van der Waals surface area contributed by atoms with Crippen LogP contribution in [0.15, 0.2) is 48.2 Å². The summed E-state index contributed by atoms with van der Waals surface area (Å²) in [5, 5.41) is 9.12. The van der Waals surface area contributed by atoms with E-state index in [9.17, 15) is 19.1 Å². The fraction of sp³-hybridized carbons (Fsp3) is 0.429. The predicted molar refractivity (Wildman–Crippen MR) is 107 cm³/mol. The van der Waals surface area contributed by atoms with Gasteiger partial charge in [-0.2, -0.15) is 0 Å². The standard InChI is InChI=1S/C21H26FNO3S/c1-21(2,3)18(24)14-23-12-4-7-17(20(25)26)19(23)27-13-5-6-15-8-10-16(22)11-9-15/h4,7-12,19H,5-6,13-14H2,1-3H3,(H,25,26). The van der Waals surface area contributed by atoms with Crippen molar-refractivity contribution in [3.05, 3.63) is 59.6 Å². The lowest BCUT2D eigenvalue weighted by molar-refractivity contribution is -0.133. The fourth-order valence-corrected chi connectivity index (χ4v) is 3.85. The van der Waals surface area contributed by atoms with E-state index in [0.29, 0.717) is 0 Å². The van der Waals surface area contributed by atoms with Gasteiger partial charge in [-0.05, 0) is 48.4 Å². The third kappa shape index (κ3) is 6.24. The average molecular weight is 392 g/mol. The average Bonchev–Trinajstić information content (AvgIpc) is 2.60. The molecule has 0 saturated carbocycles. The molecule has 2 rings (SSSR count). The van der Waals surface area contributed by atoms with Crippen LogP contribution in [0.2, 0.25) is 0 Å². The van der Waals surface area contributed by atoms with E-state index in [1.165, 1.54) is 23.9 Å². The summed E-state index contributed by atoms with van der Waals surface area (Å²) in [6.07, 6.45) is 6.69. The highest BCUT2D eigenvalue weighted by molar-refractivity contribution is 8.00. The maximum atomic E-state index is 13.0. The zero-order chi connectivity index (χ0) is 20.0. The Morgan fingerprint density at radius 2 is 1.89 bits per heavy atom. The van der Waals surface area contributed by atoms with E-state index in [-0.39, 0.29) is 23.7 Å². The van der Waals surface area contributed by atoms with Crippen molar-refractivity contribution in [3.63, 3.8) is 0 Å². The number of hydrogen-bond donors (Lipinski definition) is 1. The molecule has 0 spiro atoms. The van der Waals surface area contributed by atoms with Crippen LogP contribution in [0.3, 0.4) is 0 Å². The SMILES string of the molecule is CC(C)(C)C(=O)CN1C=CC=C(C(=O)O)C1SCCCc1ccc(F)cc1. The van der Waals surface area contributed by atoms with Crippen molar-refractivity contribution in [2.45, 2.75) is 39.0 Å². The molecule has 4 nitrogen and oxygen atoms in total. The second-order valence-electron chi connectivity index (χ2n) is 7.57. The number of benzene rings is 1. The van der Waals surface area contributed by atoms with Crippen molar-refractivity contribution >= 4 is 23.5 Å². The number of carboxylic acid groups (broad SMARTS) is 1. The molecule has 146 valence electrons. The number of carbonyl (C=O) groups is 2. The van der Waals surface area contributed by atoms with Crippen LogP contribution in [0, 0.1) is 11.2 Å². The molecule has 0 fully saturated rings. The summed E-state index contributed by atoms with van der Waals surface area (Å²) in [6, 6.07) is 6.42. The molecule has 1 heterocycles. The van der Waals surface area contributed by atoms with Crippen LogP contribution in [-0.2, 0) is 16.0 Å². The molecule has 6 heteroatoms. The van der Waals surface area contributed by atoms with Gasteiger partial charge in [0.05, 0.1) is 12.1 Å². The number of aryl methyl sites for hydroxylation is 1. The molecule has 1 aromatic carbocycles. The highest BCUT2D eigenvalue weighted by Gasteiger charge is 2.31. The molecule has 27 heavy (non-hydrogen) atoms. The number of halogens is 1. The molecule has 0 saturated heterocycles. The summed E-state index contributed by atoms with van der Waals surface area (Å²) in [6.45, 7) is 5.77. The van der Waals surface area contributed by atoms with Gasteiger partial charge in [-0.1, -0.05) is 32.9 Å². The van der Waals surface area contributed by atoms with Crippen LogP contribution in [-0.4, -0.2) is 39.4 Å². The third-order valence-corrected chi connectivity index (χ3v) is 5.69. The molecular weight excluding hydrogens is 365 g/mol. The second kappa shape index (κ2) is 9.22. The predicted octanol–water partition coefficient (Wildman–Crippen LogP) is 4.27. The number of aliphatic carboxylic acids is 1. The number of carbonyl (C=O) groups excluding carboxylic acids is 1. The minimum Gasteiger partial charge on any atom is -0.478 e. The lowest BCUT2D eigenvalue weighted by atomic mass is 9.90. The molecule has 1 aliphatic rings. The molecule has 1 unspecified atom stereocenters. The summed E-state index contributed by atoms with van der Waals surface area (Å²) in [4.78, 5) is 25.8. The first-order valence-corrected chi connectivity index (χ1v) is 10.00. The van der Waals surface area contributed by atoms with E-state index in [2.05, 4.69) is 0 Å². The molecule has 1 atom stereocenters. The number of nitrogens with zero attached hydrogens (tertiary/aromatic N) is 1. The van der Waals surface area contributed by atoms with Gasteiger partial charge in [-0.15, -0.1) is 11.8 Å². The summed E-state index contributed by atoms with van der Waals surface area (Å²) >= 11 is 1.52. The van der Waals surface area contributed by atoms with Crippen molar-refractivity contribution < 1.29 is 19.1 Å². The van der Waals surface area contributed by atoms with Gasteiger partial charge in [0.2, 0.25) is 0 Å². The first-order valence-electron chi connectivity index (χ1n) is 8.95. The van der Waals surface area contributed by atoms with E-state index in [1.54, 1.807) is 35.4 Å². The van der Waals surface area contributed by atoms with Crippen LogP contribution in [0.25, 0.3) is 0 Å². The Morgan fingerprint density at radius 1 is 1.22 bits per heavy atom. The molecule has 1 aliphatic heterocycles. The summed E-state index contributed by atoms with van der Waals surface area (Å²) in [7, 11) is 0. The summed E-state index contributed by atoms with van der Waals surface area (Å²) in [5.41, 5.74) is 0.858. The van der Waals surface area contributed by atoms with Gasteiger partial charge in [0, 0.05) is 11.6 Å². The van der Waals surface area contributed by atoms with Gasteiger partial charge in [0.1, 0.15) is 11.2 Å². The van der Waals surface area contributed by atoms with Crippen LogP contribution < -0.4 is 0 Å². The summed E-state index contributed by atoms with van der Waals surface area (Å²) < 4.78 is 13.0. The zero-order valence-corrected chi connectivity index (χ0v) is 16.8. The van der Waals surface area contributed by atoms with E-state index >= 15 is 0 Å². The zero-order valence-electron chi connectivity index (χ0n) is 15.9. The van der Waals surface area contributed by atoms with Crippen molar-refractivity contribution in [2.75, 3.05) is 12.3 Å². The summed E-state index contributed by atoms with van der Waals surface area (Å²) in [5.74, 6) is -0.419. The number of rotatable bonds is 8. The smallest absolute Gasteiger partial charge is 0.334 e. The van der Waals surface area contributed by atoms with Crippen LogP contribution >= 0.6 is 11.8 Å². The Bertz CT molecular complexity index is 735. The van der Waals surface area contributed by atoms with E-state index in [0.717, 1.165) is 24.2 Å². The number of allylic oxidation sites excluding steroid dienone is 2. The van der Waals surface area contributed by atoms with Gasteiger partial charge in [-0.25, -0.2) is 9.18 Å². The number of Topliss-reactive ketones (excluding diaryl/α,β-unsaturated/α-hetero) is 1. The van der Waals surface area contributed by atoms with Gasteiger partial charge in [0.15, 0.2) is 5.78 Å². The maximum absolute atomic E-state index is 13.0. The molecule has 0 bridgehead atoms. The minimum absolute atomic E-state index is 0.0655. The Hall–Kier alpha value is -2.08.